The van der Waals surface area contributed by atoms with Gasteiger partial charge in [-0.25, -0.2) is 0 Å². The summed E-state index contributed by atoms with van der Waals surface area (Å²) in [6, 6.07) is 0. The summed E-state index contributed by atoms with van der Waals surface area (Å²) in [5, 5.41) is 3.26. The summed E-state index contributed by atoms with van der Waals surface area (Å²) in [5.74, 6) is 1.17. The van der Waals surface area contributed by atoms with Gasteiger partial charge in [-0.3, -0.25) is 4.79 Å². The van der Waals surface area contributed by atoms with Crippen LogP contribution in [0.15, 0.2) is 0 Å². The molecular formula is C14H27ClN2O. The van der Waals surface area contributed by atoms with E-state index in [1.807, 2.05) is 0 Å². The Morgan fingerprint density at radius 1 is 1.39 bits per heavy atom. The van der Waals surface area contributed by atoms with Gasteiger partial charge in [0.25, 0.3) is 0 Å². The molecule has 0 aromatic carbocycles. The highest BCUT2D eigenvalue weighted by atomic mass is 35.5. The Labute approximate surface area is 117 Å². The standard InChI is InChI=1S/C14H26N2O.ClH/c1-4-14(5-2)6-7-16(10-14)13(17)11(3)12-8-15-9-12;/h11-12,15H,4-10H2,1-3H3;1H. The van der Waals surface area contributed by atoms with E-state index in [4.69, 9.17) is 0 Å². The molecule has 0 aromatic rings. The number of hydrogen-bond donors (Lipinski definition) is 1. The first-order chi connectivity index (χ1) is 8.12. The molecule has 0 aliphatic carbocycles. The van der Waals surface area contributed by atoms with Crippen LogP contribution in [0.3, 0.4) is 0 Å². The smallest absolute Gasteiger partial charge is 0.225 e. The predicted octanol–water partition coefficient (Wildman–Crippen LogP) is 2.30. The molecule has 1 amide bonds. The molecule has 0 bridgehead atoms. The van der Waals surface area contributed by atoms with Crippen LogP contribution in [0.5, 0.6) is 0 Å². The van der Waals surface area contributed by atoms with E-state index < -0.39 is 0 Å². The minimum Gasteiger partial charge on any atom is -0.342 e. The van der Waals surface area contributed by atoms with Gasteiger partial charge in [0.05, 0.1) is 0 Å². The van der Waals surface area contributed by atoms with Crippen LogP contribution < -0.4 is 5.32 Å². The van der Waals surface area contributed by atoms with Crippen molar-refractivity contribution in [2.75, 3.05) is 26.2 Å². The first-order valence-electron chi connectivity index (χ1n) is 7.11. The highest BCUT2D eigenvalue weighted by Gasteiger charge is 2.40. The second-order valence-electron chi connectivity index (χ2n) is 5.92. The molecule has 0 aromatic heterocycles. The molecule has 0 radical (unpaired) electrons. The molecule has 4 heteroatoms. The summed E-state index contributed by atoms with van der Waals surface area (Å²) in [6.45, 7) is 10.6. The van der Waals surface area contributed by atoms with Crippen molar-refractivity contribution < 1.29 is 4.79 Å². The SMILES string of the molecule is CCC1(CC)CCN(C(=O)C(C)C2CNC2)C1.Cl. The lowest BCUT2D eigenvalue weighted by Crippen LogP contribution is -2.50. The first kappa shape index (κ1) is 15.8. The summed E-state index contributed by atoms with van der Waals surface area (Å²) < 4.78 is 0. The normalized spacial score (nSPS) is 24.3. The Balaban J connectivity index is 0.00000162. The quantitative estimate of drug-likeness (QED) is 0.853. The molecule has 2 rings (SSSR count). The van der Waals surface area contributed by atoms with Gasteiger partial charge in [0.2, 0.25) is 5.91 Å². The van der Waals surface area contributed by atoms with E-state index in [0.717, 1.165) is 26.2 Å². The zero-order valence-corrected chi connectivity index (χ0v) is 12.7. The second-order valence-corrected chi connectivity index (χ2v) is 5.92. The molecule has 1 N–H and O–H groups in total. The van der Waals surface area contributed by atoms with Gasteiger partial charge in [-0.15, -0.1) is 12.4 Å². The Hall–Kier alpha value is -0.280. The topological polar surface area (TPSA) is 32.3 Å². The fraction of sp³-hybridized carbons (Fsp3) is 0.929. The first-order valence-corrected chi connectivity index (χ1v) is 7.11. The molecule has 0 spiro atoms. The van der Waals surface area contributed by atoms with E-state index in [1.54, 1.807) is 0 Å². The Morgan fingerprint density at radius 2 is 2.00 bits per heavy atom. The van der Waals surface area contributed by atoms with E-state index in [1.165, 1.54) is 19.3 Å². The molecule has 2 fully saturated rings. The van der Waals surface area contributed by atoms with E-state index in [9.17, 15) is 4.79 Å². The van der Waals surface area contributed by atoms with E-state index in [-0.39, 0.29) is 18.3 Å². The van der Waals surface area contributed by atoms with E-state index >= 15 is 0 Å². The maximum absolute atomic E-state index is 12.4. The van der Waals surface area contributed by atoms with Crippen LogP contribution in [-0.4, -0.2) is 37.0 Å². The maximum Gasteiger partial charge on any atom is 0.225 e. The third-order valence-corrected chi connectivity index (χ3v) is 5.16. The highest BCUT2D eigenvalue weighted by molar-refractivity contribution is 5.85. The number of hydrogen-bond acceptors (Lipinski definition) is 2. The van der Waals surface area contributed by atoms with Crippen molar-refractivity contribution in [3.8, 4) is 0 Å². The van der Waals surface area contributed by atoms with Crippen molar-refractivity contribution in [2.45, 2.75) is 40.0 Å². The van der Waals surface area contributed by atoms with Crippen LogP contribution in [0.1, 0.15) is 40.0 Å². The fourth-order valence-corrected chi connectivity index (χ4v) is 3.10. The number of likely N-dealkylation sites (tertiary alicyclic amines) is 1. The third-order valence-electron chi connectivity index (χ3n) is 5.16. The lowest BCUT2D eigenvalue weighted by atomic mass is 9.82. The van der Waals surface area contributed by atoms with Crippen LogP contribution >= 0.6 is 12.4 Å². The summed E-state index contributed by atoms with van der Waals surface area (Å²) in [5.41, 5.74) is 0.410. The molecule has 2 saturated heterocycles. The Kier molecular flexibility index (Phi) is 5.47. The number of carbonyl (C=O) groups is 1. The van der Waals surface area contributed by atoms with Gasteiger partial charge < -0.3 is 10.2 Å². The monoisotopic (exact) mass is 274 g/mol. The highest BCUT2D eigenvalue weighted by Crippen LogP contribution is 2.37. The van der Waals surface area contributed by atoms with Crippen molar-refractivity contribution >= 4 is 18.3 Å². The zero-order valence-electron chi connectivity index (χ0n) is 11.9. The zero-order chi connectivity index (χ0) is 12.5. The molecular weight excluding hydrogens is 248 g/mol. The van der Waals surface area contributed by atoms with Crippen molar-refractivity contribution in [1.82, 2.24) is 10.2 Å². The van der Waals surface area contributed by atoms with Crippen LogP contribution in [-0.2, 0) is 4.79 Å². The van der Waals surface area contributed by atoms with Gasteiger partial charge >= 0.3 is 0 Å². The van der Waals surface area contributed by atoms with Gasteiger partial charge in [-0.1, -0.05) is 20.8 Å². The van der Waals surface area contributed by atoms with Crippen LogP contribution in [0.4, 0.5) is 0 Å². The van der Waals surface area contributed by atoms with Gasteiger partial charge in [-0.2, -0.15) is 0 Å². The van der Waals surface area contributed by atoms with E-state index in [2.05, 4.69) is 31.0 Å². The molecule has 2 aliphatic rings. The predicted molar refractivity (Wildman–Crippen MR) is 77.0 cm³/mol. The number of nitrogens with one attached hydrogen (secondary N) is 1. The fourth-order valence-electron chi connectivity index (χ4n) is 3.10. The number of nitrogens with zero attached hydrogens (tertiary/aromatic N) is 1. The Bertz CT molecular complexity index is 288. The Morgan fingerprint density at radius 3 is 2.39 bits per heavy atom. The van der Waals surface area contributed by atoms with Crippen molar-refractivity contribution in [1.29, 1.82) is 0 Å². The van der Waals surface area contributed by atoms with Crippen LogP contribution in [0.25, 0.3) is 0 Å². The van der Waals surface area contributed by atoms with Crippen molar-refractivity contribution in [2.24, 2.45) is 17.3 Å². The van der Waals surface area contributed by atoms with Gasteiger partial charge in [-0.05, 0) is 43.7 Å². The molecule has 1 unspecified atom stereocenters. The van der Waals surface area contributed by atoms with Crippen LogP contribution in [0.2, 0.25) is 0 Å². The van der Waals surface area contributed by atoms with Gasteiger partial charge in [0.15, 0.2) is 0 Å². The minimum absolute atomic E-state index is 0. The molecule has 2 heterocycles. The second kappa shape index (κ2) is 6.25. The van der Waals surface area contributed by atoms with Gasteiger partial charge in [0, 0.05) is 19.0 Å². The van der Waals surface area contributed by atoms with Crippen molar-refractivity contribution in [3.63, 3.8) is 0 Å². The molecule has 2 aliphatic heterocycles. The molecule has 0 saturated carbocycles. The van der Waals surface area contributed by atoms with Crippen molar-refractivity contribution in [3.05, 3.63) is 0 Å². The average molecular weight is 275 g/mol. The largest absolute Gasteiger partial charge is 0.342 e. The molecule has 3 nitrogen and oxygen atoms in total. The number of rotatable bonds is 4. The lowest BCUT2D eigenvalue weighted by Gasteiger charge is -2.34. The summed E-state index contributed by atoms with van der Waals surface area (Å²) >= 11 is 0. The number of carbonyl (C=O) groups excluding carboxylic acids is 1. The summed E-state index contributed by atoms with van der Waals surface area (Å²) in [6.07, 6.45) is 3.60. The summed E-state index contributed by atoms with van der Waals surface area (Å²) in [4.78, 5) is 14.5. The number of amides is 1. The molecule has 18 heavy (non-hydrogen) atoms. The molecule has 106 valence electrons. The molecule has 1 atom stereocenters. The number of halogens is 1. The average Bonchev–Trinajstić information content (AvgIpc) is 2.70. The lowest BCUT2D eigenvalue weighted by molar-refractivity contribution is -0.136. The summed E-state index contributed by atoms with van der Waals surface area (Å²) in [7, 11) is 0. The van der Waals surface area contributed by atoms with Crippen LogP contribution in [0, 0.1) is 17.3 Å². The third kappa shape index (κ3) is 2.83. The van der Waals surface area contributed by atoms with Gasteiger partial charge in [0.1, 0.15) is 0 Å². The van der Waals surface area contributed by atoms with E-state index in [0.29, 0.717) is 17.2 Å². The minimum atomic E-state index is 0. The maximum atomic E-state index is 12.4.